The molecule has 0 spiro atoms. The van der Waals surface area contributed by atoms with Crippen LogP contribution in [0.5, 0.6) is 0 Å². The fourth-order valence-electron chi connectivity index (χ4n) is 2.42. The van der Waals surface area contributed by atoms with Gasteiger partial charge in [-0.25, -0.2) is 0 Å². The van der Waals surface area contributed by atoms with Crippen LogP contribution in [0.1, 0.15) is 68.7 Å². The Kier molecular flexibility index (Phi) is 7.04. The summed E-state index contributed by atoms with van der Waals surface area (Å²) < 4.78 is 0. The molecule has 0 aliphatic rings. The minimum absolute atomic E-state index is 0.538. The molecule has 1 N–H and O–H groups in total. The first-order valence-electron chi connectivity index (χ1n) is 7.49. The van der Waals surface area contributed by atoms with E-state index >= 15 is 0 Å². The van der Waals surface area contributed by atoms with Crippen LogP contribution in [-0.2, 0) is 0 Å². The van der Waals surface area contributed by atoms with E-state index in [1.54, 1.807) is 0 Å². The second-order valence-electron chi connectivity index (χ2n) is 5.36. The highest BCUT2D eigenvalue weighted by atomic mass is 14.9. The van der Waals surface area contributed by atoms with Gasteiger partial charge in [-0.1, -0.05) is 56.9 Å². The molecular weight excluding hydrogens is 218 g/mol. The molecule has 0 aliphatic carbocycles. The van der Waals surface area contributed by atoms with Crippen LogP contribution in [0.3, 0.4) is 0 Å². The molecule has 1 atom stereocenters. The van der Waals surface area contributed by atoms with Gasteiger partial charge in [-0.15, -0.1) is 0 Å². The van der Waals surface area contributed by atoms with Crippen LogP contribution < -0.4 is 5.32 Å². The van der Waals surface area contributed by atoms with Crippen molar-refractivity contribution in [3.8, 4) is 0 Å². The maximum absolute atomic E-state index is 3.71. The van der Waals surface area contributed by atoms with Gasteiger partial charge >= 0.3 is 0 Å². The van der Waals surface area contributed by atoms with E-state index in [9.17, 15) is 0 Å². The van der Waals surface area contributed by atoms with Crippen LogP contribution in [0.4, 0.5) is 0 Å². The Labute approximate surface area is 113 Å². The summed E-state index contributed by atoms with van der Waals surface area (Å²) in [7, 11) is 0. The zero-order valence-corrected chi connectivity index (χ0v) is 12.6. The Bertz CT molecular complexity index is 343. The van der Waals surface area contributed by atoms with Gasteiger partial charge in [-0.3, -0.25) is 0 Å². The fraction of sp³-hybridized carbons (Fsp3) is 0.647. The number of hydrogen-bond acceptors (Lipinski definition) is 1. The molecule has 0 bridgehead atoms. The van der Waals surface area contributed by atoms with E-state index in [1.165, 1.54) is 48.8 Å². The summed E-state index contributed by atoms with van der Waals surface area (Å²) in [5.41, 5.74) is 4.29. The molecule has 0 saturated heterocycles. The molecular formula is C17H29N. The lowest BCUT2D eigenvalue weighted by Crippen LogP contribution is -2.23. The van der Waals surface area contributed by atoms with Crippen molar-refractivity contribution in [3.63, 3.8) is 0 Å². The Balaban J connectivity index is 2.75. The number of benzene rings is 1. The molecule has 0 amide bonds. The smallest absolute Gasteiger partial charge is 0.0322 e. The molecule has 0 aromatic heterocycles. The predicted molar refractivity (Wildman–Crippen MR) is 81.1 cm³/mol. The number of nitrogens with one attached hydrogen (secondary N) is 1. The van der Waals surface area contributed by atoms with Crippen molar-refractivity contribution in [2.45, 2.75) is 65.8 Å². The van der Waals surface area contributed by atoms with Crippen LogP contribution in [0.15, 0.2) is 18.2 Å². The standard InChI is InChI=1S/C17H29N/c1-5-7-8-9-17(18-12-6-2)16-13-14(3)10-11-15(16)4/h10-11,13,17-18H,5-9,12H2,1-4H3. The molecule has 1 aromatic carbocycles. The molecule has 1 aromatic rings. The van der Waals surface area contributed by atoms with Crippen LogP contribution in [0.25, 0.3) is 0 Å². The number of aryl methyl sites for hydroxylation is 2. The Morgan fingerprint density at radius 3 is 2.50 bits per heavy atom. The average Bonchev–Trinajstić information content (AvgIpc) is 2.37. The van der Waals surface area contributed by atoms with Crippen molar-refractivity contribution in [2.75, 3.05) is 6.54 Å². The summed E-state index contributed by atoms with van der Waals surface area (Å²) in [5, 5.41) is 3.71. The van der Waals surface area contributed by atoms with Crippen LogP contribution in [-0.4, -0.2) is 6.54 Å². The highest BCUT2D eigenvalue weighted by Gasteiger charge is 2.12. The van der Waals surface area contributed by atoms with Crippen LogP contribution in [0, 0.1) is 13.8 Å². The third-order valence-corrected chi connectivity index (χ3v) is 3.55. The molecule has 1 heteroatoms. The number of rotatable bonds is 8. The topological polar surface area (TPSA) is 12.0 Å². The van der Waals surface area contributed by atoms with Gasteiger partial charge in [0.2, 0.25) is 0 Å². The first-order valence-corrected chi connectivity index (χ1v) is 7.49. The molecule has 18 heavy (non-hydrogen) atoms. The molecule has 1 rings (SSSR count). The van der Waals surface area contributed by atoms with E-state index in [4.69, 9.17) is 0 Å². The predicted octanol–water partition coefficient (Wildman–Crippen LogP) is 4.92. The van der Waals surface area contributed by atoms with E-state index in [-0.39, 0.29) is 0 Å². The first-order chi connectivity index (χ1) is 8.69. The average molecular weight is 247 g/mol. The second-order valence-corrected chi connectivity index (χ2v) is 5.36. The van der Waals surface area contributed by atoms with Crippen molar-refractivity contribution >= 4 is 0 Å². The van der Waals surface area contributed by atoms with Gasteiger partial charge in [0, 0.05) is 6.04 Å². The van der Waals surface area contributed by atoms with Gasteiger partial charge in [-0.2, -0.15) is 0 Å². The van der Waals surface area contributed by atoms with E-state index in [0.29, 0.717) is 6.04 Å². The summed E-state index contributed by atoms with van der Waals surface area (Å²) in [4.78, 5) is 0. The van der Waals surface area contributed by atoms with Crippen molar-refractivity contribution in [1.29, 1.82) is 0 Å². The summed E-state index contributed by atoms with van der Waals surface area (Å²) >= 11 is 0. The third kappa shape index (κ3) is 4.81. The van der Waals surface area contributed by atoms with E-state index in [1.807, 2.05) is 0 Å². The van der Waals surface area contributed by atoms with Crippen molar-refractivity contribution in [2.24, 2.45) is 0 Å². The highest BCUT2D eigenvalue weighted by Crippen LogP contribution is 2.24. The highest BCUT2D eigenvalue weighted by molar-refractivity contribution is 5.33. The second kappa shape index (κ2) is 8.31. The molecule has 0 fully saturated rings. The van der Waals surface area contributed by atoms with Gasteiger partial charge in [0.25, 0.3) is 0 Å². The first kappa shape index (κ1) is 15.2. The lowest BCUT2D eigenvalue weighted by Gasteiger charge is -2.21. The van der Waals surface area contributed by atoms with Gasteiger partial charge in [0.05, 0.1) is 0 Å². The number of hydrogen-bond donors (Lipinski definition) is 1. The molecule has 1 unspecified atom stereocenters. The van der Waals surface area contributed by atoms with Gasteiger partial charge in [-0.05, 0) is 44.4 Å². The van der Waals surface area contributed by atoms with E-state index in [0.717, 1.165) is 6.54 Å². The quantitative estimate of drug-likeness (QED) is 0.643. The summed E-state index contributed by atoms with van der Waals surface area (Å²) in [6.07, 6.45) is 6.43. The summed E-state index contributed by atoms with van der Waals surface area (Å²) in [5.74, 6) is 0. The molecule has 102 valence electrons. The molecule has 0 heterocycles. The third-order valence-electron chi connectivity index (χ3n) is 3.55. The SMILES string of the molecule is CCCCCC(NCCC)c1cc(C)ccc1C. The monoisotopic (exact) mass is 247 g/mol. The lowest BCUT2D eigenvalue weighted by atomic mass is 9.95. The lowest BCUT2D eigenvalue weighted by molar-refractivity contribution is 0.472. The minimum Gasteiger partial charge on any atom is -0.310 e. The van der Waals surface area contributed by atoms with Crippen molar-refractivity contribution in [3.05, 3.63) is 34.9 Å². The summed E-state index contributed by atoms with van der Waals surface area (Å²) in [6.45, 7) is 10.0. The minimum atomic E-state index is 0.538. The Hall–Kier alpha value is -0.820. The molecule has 0 radical (unpaired) electrons. The van der Waals surface area contributed by atoms with E-state index in [2.05, 4.69) is 51.2 Å². The van der Waals surface area contributed by atoms with Crippen molar-refractivity contribution < 1.29 is 0 Å². The maximum atomic E-state index is 3.71. The molecule has 0 aliphatic heterocycles. The van der Waals surface area contributed by atoms with Gasteiger partial charge in [0.1, 0.15) is 0 Å². The zero-order valence-electron chi connectivity index (χ0n) is 12.6. The van der Waals surface area contributed by atoms with Crippen LogP contribution in [0.2, 0.25) is 0 Å². The molecule has 0 saturated carbocycles. The summed E-state index contributed by atoms with van der Waals surface area (Å²) in [6, 6.07) is 7.36. The largest absolute Gasteiger partial charge is 0.310 e. The van der Waals surface area contributed by atoms with Gasteiger partial charge in [0.15, 0.2) is 0 Å². The Morgan fingerprint density at radius 1 is 1.06 bits per heavy atom. The van der Waals surface area contributed by atoms with E-state index < -0.39 is 0 Å². The maximum Gasteiger partial charge on any atom is 0.0322 e. The zero-order chi connectivity index (χ0) is 13.4. The number of unbranched alkanes of at least 4 members (excludes halogenated alkanes) is 2. The van der Waals surface area contributed by atoms with Crippen LogP contribution >= 0.6 is 0 Å². The van der Waals surface area contributed by atoms with Gasteiger partial charge < -0.3 is 5.32 Å². The van der Waals surface area contributed by atoms with Crippen molar-refractivity contribution in [1.82, 2.24) is 5.32 Å². The normalized spacial score (nSPS) is 12.7. The Morgan fingerprint density at radius 2 is 1.83 bits per heavy atom. The fourth-order valence-corrected chi connectivity index (χ4v) is 2.42. The molecule has 1 nitrogen and oxygen atoms in total.